The molecule has 0 bridgehead atoms. The molecule has 0 spiro atoms. The third-order valence-corrected chi connectivity index (χ3v) is 16.1. The van der Waals surface area contributed by atoms with Crippen LogP contribution in [0.3, 0.4) is 0 Å². The maximum atomic E-state index is 6.10. The van der Waals surface area contributed by atoms with E-state index in [-0.39, 0.29) is 62.9 Å². The van der Waals surface area contributed by atoms with Crippen LogP contribution in [-0.2, 0) is 8.85 Å². The summed E-state index contributed by atoms with van der Waals surface area (Å²) in [6.07, 6.45) is 3.98. The van der Waals surface area contributed by atoms with Crippen LogP contribution in [0.15, 0.2) is 9.98 Å². The van der Waals surface area contributed by atoms with Crippen LogP contribution in [0.2, 0.25) is 36.3 Å². The van der Waals surface area contributed by atoms with Crippen molar-refractivity contribution in [2.24, 2.45) is 21.5 Å². The summed E-state index contributed by atoms with van der Waals surface area (Å²) < 4.78 is 12.2. The van der Waals surface area contributed by atoms with E-state index in [0.717, 1.165) is 50.6 Å². The zero-order valence-electron chi connectivity index (χ0n) is 24.6. The number of rotatable bonds is 6. The quantitative estimate of drug-likeness (QED) is 0.347. The van der Waals surface area contributed by atoms with E-state index in [1.54, 1.807) is 0 Å². The summed E-state index contributed by atoms with van der Waals surface area (Å²) in [4.78, 5) is 8.73. The van der Waals surface area contributed by atoms with Gasteiger partial charge in [0.05, 0.1) is 42.3 Å². The average Bonchev–Trinajstić information content (AvgIpc) is 3.26. The fourth-order valence-electron chi connectivity index (χ4n) is 2.64. The van der Waals surface area contributed by atoms with E-state index in [1.165, 1.54) is 0 Å². The maximum Gasteiger partial charge on any atom is 1.00 e. The number of aliphatic imine (C=N–C) groups is 2. The Kier molecular flexibility index (Phi) is 23.6. The monoisotopic (exact) mass is 616 g/mol. The van der Waals surface area contributed by atoms with E-state index in [0.29, 0.717) is 12.1 Å². The number of alkyl halides is 2. The van der Waals surface area contributed by atoms with E-state index in [1.807, 2.05) is 0 Å². The molecule has 2 rings (SSSR count). The molecule has 0 fully saturated rings. The third kappa shape index (κ3) is 16.9. The average molecular weight is 618 g/mol. The van der Waals surface area contributed by atoms with Crippen LogP contribution >= 0.6 is 35.6 Å². The van der Waals surface area contributed by atoms with Gasteiger partial charge in [-0.05, 0) is 49.1 Å². The van der Waals surface area contributed by atoms with E-state index >= 15 is 0 Å². The van der Waals surface area contributed by atoms with Gasteiger partial charge in [-0.1, -0.05) is 41.5 Å². The smallest absolute Gasteiger partial charge is 0.870 e. The van der Waals surface area contributed by atoms with Gasteiger partial charge in [0.15, 0.2) is 16.6 Å². The third-order valence-electron chi connectivity index (χ3n) is 7.05. The van der Waals surface area contributed by atoms with Crippen LogP contribution in [0, 0.1) is 0 Å². The van der Waals surface area contributed by atoms with Gasteiger partial charge in [-0.25, -0.2) is 0 Å². The van der Waals surface area contributed by atoms with Crippen LogP contribution in [-0.4, -0.2) is 64.4 Å². The molecule has 7 nitrogen and oxygen atoms in total. The van der Waals surface area contributed by atoms with Gasteiger partial charge in [0.25, 0.3) is 0 Å². The second kappa shape index (κ2) is 19.2. The van der Waals surface area contributed by atoms with Crippen LogP contribution in [0.25, 0.3) is 0 Å². The molecular formula is C23H52Cl3N4NaO3Si2. The van der Waals surface area contributed by atoms with Gasteiger partial charge in [0, 0.05) is 12.8 Å². The first-order valence-corrected chi connectivity index (χ1v) is 18.8. The van der Waals surface area contributed by atoms with Crippen molar-refractivity contribution in [3.8, 4) is 0 Å². The molecule has 0 saturated carbocycles. The predicted octanol–water partition coefficient (Wildman–Crippen LogP) is 3.73. The first-order valence-electron chi connectivity index (χ1n) is 11.9. The molecule has 0 aromatic heterocycles. The van der Waals surface area contributed by atoms with E-state index in [9.17, 15) is 0 Å². The number of hydrogen-bond donors (Lipinski definition) is 2. The summed E-state index contributed by atoms with van der Waals surface area (Å²) in [5, 5.41) is 0.752. The Morgan fingerprint density at radius 1 is 0.778 bits per heavy atom. The molecule has 13 heteroatoms. The summed E-state index contributed by atoms with van der Waals surface area (Å²) in [5.74, 6) is 1.58. The Balaban J connectivity index is -0.000000238. The molecule has 0 saturated heterocycles. The Hall–Kier alpha value is 1.12. The summed E-state index contributed by atoms with van der Waals surface area (Å²) in [5.41, 5.74) is 11.3. The molecule has 2 heterocycles. The van der Waals surface area contributed by atoms with Gasteiger partial charge < -0.3 is 25.8 Å². The van der Waals surface area contributed by atoms with Gasteiger partial charge in [-0.2, -0.15) is 0 Å². The molecule has 0 aromatic carbocycles. The molecule has 0 amide bonds. The molecule has 0 aliphatic carbocycles. The largest absolute Gasteiger partial charge is 1.00 e. The minimum atomic E-state index is -1.60. The van der Waals surface area contributed by atoms with Crippen molar-refractivity contribution >= 4 is 63.9 Å². The SMILES string of the molecule is CC(C)(C)[Si](C)(C)OC[C@@H]1CCC(N)=N1.CC(C)(C)[Si](C)(C)OC[C@@H]1CCC(N)=N1.Cl.ClCCl.[Na+].[OH-]. The van der Waals surface area contributed by atoms with Crippen molar-refractivity contribution in [2.45, 2.75) is 116 Å². The van der Waals surface area contributed by atoms with E-state index < -0.39 is 16.6 Å². The van der Waals surface area contributed by atoms with Crippen molar-refractivity contribution in [1.29, 1.82) is 0 Å². The molecule has 212 valence electrons. The fourth-order valence-corrected chi connectivity index (χ4v) is 4.72. The number of hydrogen-bond acceptors (Lipinski definition) is 7. The fraction of sp³-hybridized carbons (Fsp3) is 0.913. The summed E-state index contributed by atoms with van der Waals surface area (Å²) in [7, 11) is -3.21. The Morgan fingerprint density at radius 3 is 1.19 bits per heavy atom. The molecule has 2 aliphatic heterocycles. The van der Waals surface area contributed by atoms with Gasteiger partial charge in [0.2, 0.25) is 0 Å². The number of amidine groups is 2. The topological polar surface area (TPSA) is 125 Å². The molecule has 0 aromatic rings. The minimum absolute atomic E-state index is 0. The number of nitrogens with two attached hydrogens (primary N) is 2. The van der Waals surface area contributed by atoms with Crippen molar-refractivity contribution in [1.82, 2.24) is 0 Å². The standard InChI is InChI=1S/2C11H24N2OSi.CH2Cl2.ClH.Na.H2O/c2*1-11(2,3)15(4,5)14-8-9-6-7-10(12)13-9;2-1-3;;;/h2*9H,6-8H2,1-5H3,(H2,12,13);1H2;1H;;1H2/q;;;;+1;/p-1/t2*9-;;;;/m00..../s1. The molecule has 5 N–H and O–H groups in total. The Bertz CT molecular complexity index is 605. The molecular weight excluding hydrogens is 566 g/mol. The van der Waals surface area contributed by atoms with Crippen LogP contribution in [0.5, 0.6) is 0 Å². The Morgan fingerprint density at radius 2 is 1.03 bits per heavy atom. The van der Waals surface area contributed by atoms with E-state index in [4.69, 9.17) is 43.5 Å². The molecule has 2 atom stereocenters. The van der Waals surface area contributed by atoms with Crippen LogP contribution in [0.1, 0.15) is 67.2 Å². The van der Waals surface area contributed by atoms with Gasteiger partial charge in [0.1, 0.15) is 0 Å². The zero-order valence-corrected chi connectivity index (χ0v) is 30.9. The van der Waals surface area contributed by atoms with Gasteiger partial charge in [-0.15, -0.1) is 35.6 Å². The molecule has 2 aliphatic rings. The first-order chi connectivity index (χ1) is 14.9. The normalized spacial score (nSPS) is 19.7. The maximum absolute atomic E-state index is 6.10. The summed E-state index contributed by atoms with van der Waals surface area (Å²) in [6.45, 7) is 24.1. The minimum Gasteiger partial charge on any atom is -0.870 e. The van der Waals surface area contributed by atoms with Crippen LogP contribution < -0.4 is 41.0 Å². The van der Waals surface area contributed by atoms with Gasteiger partial charge in [-0.3, -0.25) is 9.98 Å². The second-order valence-electron chi connectivity index (χ2n) is 11.9. The van der Waals surface area contributed by atoms with Crippen molar-refractivity contribution < 1.29 is 43.9 Å². The first kappa shape index (κ1) is 44.2. The Labute approximate surface area is 261 Å². The zero-order chi connectivity index (χ0) is 26.1. The molecule has 0 unspecified atom stereocenters. The summed E-state index contributed by atoms with van der Waals surface area (Å²) in [6, 6.07) is 0.609. The predicted molar refractivity (Wildman–Crippen MR) is 161 cm³/mol. The summed E-state index contributed by atoms with van der Waals surface area (Å²) >= 11 is 9.53. The van der Waals surface area contributed by atoms with Crippen molar-refractivity contribution in [3.05, 3.63) is 0 Å². The van der Waals surface area contributed by atoms with Crippen LogP contribution in [0.4, 0.5) is 0 Å². The molecule has 0 radical (unpaired) electrons. The second-order valence-corrected chi connectivity index (χ2v) is 22.3. The van der Waals surface area contributed by atoms with Crippen molar-refractivity contribution in [2.75, 3.05) is 18.6 Å². The molecule has 36 heavy (non-hydrogen) atoms. The number of nitrogens with zero attached hydrogens (tertiary/aromatic N) is 2. The van der Waals surface area contributed by atoms with Crippen molar-refractivity contribution in [3.63, 3.8) is 0 Å². The van der Waals surface area contributed by atoms with E-state index in [2.05, 4.69) is 77.7 Å². The number of halogens is 3. The van der Waals surface area contributed by atoms with Gasteiger partial charge >= 0.3 is 29.6 Å².